The summed E-state index contributed by atoms with van der Waals surface area (Å²) in [7, 11) is 0. The van der Waals surface area contributed by atoms with E-state index in [9.17, 15) is 0 Å². The minimum absolute atomic E-state index is 0.534. The number of pyridine rings is 1. The van der Waals surface area contributed by atoms with Crippen molar-refractivity contribution in [3.63, 3.8) is 0 Å². The summed E-state index contributed by atoms with van der Waals surface area (Å²) in [6.45, 7) is 0. The van der Waals surface area contributed by atoms with Crippen LogP contribution in [0, 0.1) is 0 Å². The molecule has 0 aliphatic heterocycles. The third-order valence-electron chi connectivity index (χ3n) is 2.09. The van der Waals surface area contributed by atoms with Crippen molar-refractivity contribution in [3.8, 4) is 10.4 Å². The number of aromatic nitrogens is 2. The minimum Gasteiger partial charge on any atom is -0.235 e. The van der Waals surface area contributed by atoms with E-state index in [1.54, 1.807) is 17.5 Å². The second kappa shape index (κ2) is 3.56. The summed E-state index contributed by atoms with van der Waals surface area (Å²) in [6.07, 6.45) is 1.80. The van der Waals surface area contributed by atoms with Crippen molar-refractivity contribution in [2.24, 2.45) is 0 Å². The largest absolute Gasteiger partial charge is 0.235 e. The molecule has 0 atom stereocenters. The standard InChI is InChI=1S/C10H5ClN2S2/c11-9-2-1-8-10(13-9)6(5-14-8)7-3-4-12-15-7/h1-5H. The number of thiophene rings is 1. The molecule has 0 radical (unpaired) electrons. The van der Waals surface area contributed by atoms with Crippen LogP contribution in [0.4, 0.5) is 0 Å². The summed E-state index contributed by atoms with van der Waals surface area (Å²) in [4.78, 5) is 5.48. The van der Waals surface area contributed by atoms with Crippen LogP contribution in [0.15, 0.2) is 29.8 Å². The highest BCUT2D eigenvalue weighted by Crippen LogP contribution is 2.34. The third-order valence-corrected chi connectivity index (χ3v) is 4.01. The van der Waals surface area contributed by atoms with Crippen LogP contribution < -0.4 is 0 Å². The van der Waals surface area contributed by atoms with Gasteiger partial charge < -0.3 is 0 Å². The molecule has 2 nitrogen and oxygen atoms in total. The van der Waals surface area contributed by atoms with Gasteiger partial charge in [0.05, 0.1) is 15.1 Å². The predicted molar refractivity (Wildman–Crippen MR) is 65.7 cm³/mol. The molecule has 5 heteroatoms. The summed E-state index contributed by atoms with van der Waals surface area (Å²) in [6, 6.07) is 5.81. The molecule has 15 heavy (non-hydrogen) atoms. The lowest BCUT2D eigenvalue weighted by Gasteiger charge is -1.94. The molecule has 0 saturated heterocycles. The van der Waals surface area contributed by atoms with Gasteiger partial charge in [-0.2, -0.15) is 0 Å². The zero-order valence-corrected chi connectivity index (χ0v) is 9.86. The molecule has 0 aliphatic carbocycles. The molecule has 0 saturated carbocycles. The Morgan fingerprint density at radius 3 is 2.93 bits per heavy atom. The van der Waals surface area contributed by atoms with Crippen molar-refractivity contribution >= 4 is 44.7 Å². The first-order valence-corrected chi connectivity index (χ1v) is 6.32. The van der Waals surface area contributed by atoms with Crippen molar-refractivity contribution in [2.45, 2.75) is 0 Å². The highest BCUT2D eigenvalue weighted by atomic mass is 35.5. The molecule has 3 aromatic rings. The monoisotopic (exact) mass is 252 g/mol. The second-order valence-corrected chi connectivity index (χ2v) is 5.14. The van der Waals surface area contributed by atoms with Gasteiger partial charge in [0.15, 0.2) is 0 Å². The van der Waals surface area contributed by atoms with Crippen LogP contribution in [0.2, 0.25) is 5.15 Å². The van der Waals surface area contributed by atoms with E-state index >= 15 is 0 Å². The SMILES string of the molecule is Clc1ccc2scc(-c3ccns3)c2n1. The van der Waals surface area contributed by atoms with Crippen molar-refractivity contribution < 1.29 is 0 Å². The molecule has 3 rings (SSSR count). The van der Waals surface area contributed by atoms with Crippen LogP contribution in [0.5, 0.6) is 0 Å². The van der Waals surface area contributed by atoms with E-state index in [0.717, 1.165) is 20.7 Å². The van der Waals surface area contributed by atoms with Crippen LogP contribution >= 0.6 is 34.5 Å². The Morgan fingerprint density at radius 2 is 2.13 bits per heavy atom. The van der Waals surface area contributed by atoms with Gasteiger partial charge in [0.25, 0.3) is 0 Å². The average Bonchev–Trinajstić information content (AvgIpc) is 2.83. The van der Waals surface area contributed by atoms with E-state index in [1.807, 2.05) is 18.2 Å². The van der Waals surface area contributed by atoms with Crippen molar-refractivity contribution in [1.82, 2.24) is 9.36 Å². The topological polar surface area (TPSA) is 25.8 Å². The second-order valence-electron chi connectivity index (χ2n) is 3.01. The Bertz CT molecular complexity index is 601. The van der Waals surface area contributed by atoms with Crippen molar-refractivity contribution in [3.05, 3.63) is 34.9 Å². The molecular weight excluding hydrogens is 248 g/mol. The molecule has 3 aromatic heterocycles. The number of fused-ring (bicyclic) bond motifs is 1. The zero-order chi connectivity index (χ0) is 10.3. The Morgan fingerprint density at radius 1 is 1.20 bits per heavy atom. The molecule has 0 spiro atoms. The van der Waals surface area contributed by atoms with Crippen LogP contribution in [-0.4, -0.2) is 9.36 Å². The molecule has 74 valence electrons. The van der Waals surface area contributed by atoms with Crippen LogP contribution in [0.1, 0.15) is 0 Å². The molecule has 0 unspecified atom stereocenters. The van der Waals surface area contributed by atoms with E-state index in [1.165, 1.54) is 11.5 Å². The summed E-state index contributed by atoms with van der Waals surface area (Å²) < 4.78 is 5.25. The summed E-state index contributed by atoms with van der Waals surface area (Å²) in [5.41, 5.74) is 2.09. The number of nitrogens with zero attached hydrogens (tertiary/aromatic N) is 2. The van der Waals surface area contributed by atoms with E-state index in [0.29, 0.717) is 5.15 Å². The van der Waals surface area contributed by atoms with Gasteiger partial charge in [-0.3, -0.25) is 0 Å². The molecule has 0 bridgehead atoms. The Hall–Kier alpha value is -0.970. The first kappa shape index (κ1) is 9.27. The van der Waals surface area contributed by atoms with E-state index < -0.39 is 0 Å². The van der Waals surface area contributed by atoms with Crippen molar-refractivity contribution in [1.29, 1.82) is 0 Å². The van der Waals surface area contributed by atoms with Gasteiger partial charge in [0.1, 0.15) is 5.15 Å². The summed E-state index contributed by atoms with van der Waals surface area (Å²) in [5, 5.41) is 2.63. The average molecular weight is 253 g/mol. The van der Waals surface area contributed by atoms with E-state index in [2.05, 4.69) is 14.7 Å². The van der Waals surface area contributed by atoms with Crippen LogP contribution in [-0.2, 0) is 0 Å². The molecule has 3 heterocycles. The van der Waals surface area contributed by atoms with Crippen LogP contribution in [0.3, 0.4) is 0 Å². The lowest BCUT2D eigenvalue weighted by molar-refractivity contribution is 1.43. The molecular formula is C10H5ClN2S2. The minimum atomic E-state index is 0.534. The van der Waals surface area contributed by atoms with Gasteiger partial charge in [-0.1, -0.05) is 11.6 Å². The highest BCUT2D eigenvalue weighted by molar-refractivity contribution is 7.18. The Balaban J connectivity index is 2.32. The highest BCUT2D eigenvalue weighted by Gasteiger charge is 2.09. The summed E-state index contributed by atoms with van der Waals surface area (Å²) in [5.74, 6) is 0. The number of hydrogen-bond acceptors (Lipinski definition) is 4. The molecule has 0 amide bonds. The molecule has 0 fully saturated rings. The van der Waals surface area contributed by atoms with Gasteiger partial charge in [-0.05, 0) is 29.7 Å². The molecule has 0 aromatic carbocycles. The van der Waals surface area contributed by atoms with Gasteiger partial charge in [-0.15, -0.1) is 11.3 Å². The van der Waals surface area contributed by atoms with Gasteiger partial charge in [0.2, 0.25) is 0 Å². The van der Waals surface area contributed by atoms with Crippen LogP contribution in [0.25, 0.3) is 20.7 Å². The Labute approximate surface area is 99.3 Å². The van der Waals surface area contributed by atoms with Crippen molar-refractivity contribution in [2.75, 3.05) is 0 Å². The third kappa shape index (κ3) is 1.55. The van der Waals surface area contributed by atoms with E-state index in [4.69, 9.17) is 11.6 Å². The zero-order valence-electron chi connectivity index (χ0n) is 7.48. The fraction of sp³-hybridized carbons (Fsp3) is 0. The maximum atomic E-state index is 5.89. The summed E-state index contributed by atoms with van der Waals surface area (Å²) >= 11 is 9.04. The quantitative estimate of drug-likeness (QED) is 0.610. The van der Waals surface area contributed by atoms with Gasteiger partial charge >= 0.3 is 0 Å². The number of halogens is 1. The normalized spacial score (nSPS) is 11.0. The molecule has 0 N–H and O–H groups in total. The first-order chi connectivity index (χ1) is 7.34. The number of rotatable bonds is 1. The fourth-order valence-electron chi connectivity index (χ4n) is 1.42. The lowest BCUT2D eigenvalue weighted by atomic mass is 10.2. The molecule has 0 aliphatic rings. The maximum Gasteiger partial charge on any atom is 0.129 e. The first-order valence-electron chi connectivity index (χ1n) is 4.29. The maximum absolute atomic E-state index is 5.89. The van der Waals surface area contributed by atoms with E-state index in [-0.39, 0.29) is 0 Å². The fourth-order valence-corrected chi connectivity index (χ4v) is 3.15. The van der Waals surface area contributed by atoms with Gasteiger partial charge in [0, 0.05) is 17.1 Å². The number of hydrogen-bond donors (Lipinski definition) is 0. The lowest BCUT2D eigenvalue weighted by Crippen LogP contribution is -1.76. The smallest absolute Gasteiger partial charge is 0.129 e. The van der Waals surface area contributed by atoms with Gasteiger partial charge in [-0.25, -0.2) is 9.36 Å². The Kier molecular flexibility index (Phi) is 2.20. The predicted octanol–water partition coefficient (Wildman–Crippen LogP) is 4.07.